The summed E-state index contributed by atoms with van der Waals surface area (Å²) in [5.74, 6) is 0.364. The fraction of sp³-hybridized carbons (Fsp3) is 0.350. The average molecular weight is 291 g/mol. The number of rotatable bonds is 3. The third-order valence-corrected chi connectivity index (χ3v) is 5.33. The van der Waals surface area contributed by atoms with E-state index < -0.39 is 0 Å². The van der Waals surface area contributed by atoms with Crippen LogP contribution < -0.4 is 0 Å². The predicted molar refractivity (Wildman–Crippen MR) is 87.1 cm³/mol. The van der Waals surface area contributed by atoms with Gasteiger partial charge in [-0.15, -0.1) is 0 Å². The van der Waals surface area contributed by atoms with Crippen LogP contribution >= 0.6 is 0 Å². The van der Waals surface area contributed by atoms with E-state index in [4.69, 9.17) is 0 Å². The number of amides is 1. The van der Waals surface area contributed by atoms with Gasteiger partial charge in [0, 0.05) is 6.54 Å². The third kappa shape index (κ3) is 1.98. The summed E-state index contributed by atoms with van der Waals surface area (Å²) in [5, 5.41) is 0. The lowest BCUT2D eigenvalue weighted by Crippen LogP contribution is -2.61. The summed E-state index contributed by atoms with van der Waals surface area (Å²) in [6.07, 6.45) is 4.48. The number of hydrogen-bond acceptors (Lipinski definition) is 1. The standard InChI is InChI=1S/C20H21NO/c22-19-20(13-7-8-14-20)18(17-11-5-2-6-12-17)21(19)15-16-9-3-1-4-10-16/h1-6,9-12,18H,7-8,13-15H2. The molecule has 2 aromatic rings. The summed E-state index contributed by atoms with van der Waals surface area (Å²) in [4.78, 5) is 15.0. The van der Waals surface area contributed by atoms with Crippen LogP contribution in [0.2, 0.25) is 0 Å². The van der Waals surface area contributed by atoms with Gasteiger partial charge in [0.1, 0.15) is 0 Å². The highest BCUT2D eigenvalue weighted by atomic mass is 16.2. The molecule has 0 bridgehead atoms. The van der Waals surface area contributed by atoms with Crippen molar-refractivity contribution in [3.63, 3.8) is 0 Å². The van der Waals surface area contributed by atoms with E-state index in [1.54, 1.807) is 0 Å². The van der Waals surface area contributed by atoms with E-state index >= 15 is 0 Å². The lowest BCUT2D eigenvalue weighted by atomic mass is 9.66. The first-order chi connectivity index (χ1) is 10.8. The second-order valence-corrected chi connectivity index (χ2v) is 6.60. The van der Waals surface area contributed by atoms with E-state index in [-0.39, 0.29) is 11.5 Å². The molecule has 1 amide bonds. The van der Waals surface area contributed by atoms with Crippen LogP contribution in [0, 0.1) is 5.41 Å². The number of likely N-dealkylation sites (tertiary alicyclic amines) is 1. The van der Waals surface area contributed by atoms with Crippen molar-refractivity contribution >= 4 is 5.91 Å². The van der Waals surface area contributed by atoms with Crippen molar-refractivity contribution in [3.8, 4) is 0 Å². The van der Waals surface area contributed by atoms with Crippen molar-refractivity contribution in [1.29, 1.82) is 0 Å². The van der Waals surface area contributed by atoms with E-state index in [0.717, 1.165) is 19.4 Å². The number of carbonyl (C=O) groups is 1. The van der Waals surface area contributed by atoms with Crippen LogP contribution in [0.15, 0.2) is 60.7 Å². The van der Waals surface area contributed by atoms with Crippen molar-refractivity contribution < 1.29 is 4.79 Å². The molecule has 2 fully saturated rings. The van der Waals surface area contributed by atoms with Gasteiger partial charge in [-0.05, 0) is 24.0 Å². The largest absolute Gasteiger partial charge is 0.330 e. The average Bonchev–Trinajstić information content (AvgIpc) is 3.08. The maximum atomic E-state index is 12.9. The van der Waals surface area contributed by atoms with Gasteiger partial charge in [-0.3, -0.25) is 4.79 Å². The first-order valence-corrected chi connectivity index (χ1v) is 8.21. The van der Waals surface area contributed by atoms with Crippen molar-refractivity contribution in [2.24, 2.45) is 5.41 Å². The zero-order valence-electron chi connectivity index (χ0n) is 12.7. The molecule has 4 rings (SSSR count). The summed E-state index contributed by atoms with van der Waals surface area (Å²) >= 11 is 0. The number of carbonyl (C=O) groups excluding carboxylic acids is 1. The van der Waals surface area contributed by atoms with Crippen molar-refractivity contribution in [3.05, 3.63) is 71.8 Å². The van der Waals surface area contributed by atoms with Crippen molar-refractivity contribution in [2.75, 3.05) is 0 Å². The predicted octanol–water partition coefficient (Wildman–Crippen LogP) is 4.33. The minimum atomic E-state index is -0.115. The molecule has 0 aromatic heterocycles. The van der Waals surface area contributed by atoms with Gasteiger partial charge in [-0.2, -0.15) is 0 Å². The van der Waals surface area contributed by atoms with E-state index in [0.29, 0.717) is 5.91 Å². The molecule has 1 aliphatic heterocycles. The van der Waals surface area contributed by atoms with Gasteiger partial charge in [0.25, 0.3) is 0 Å². The van der Waals surface area contributed by atoms with Gasteiger partial charge in [-0.1, -0.05) is 73.5 Å². The molecule has 2 aliphatic rings. The monoisotopic (exact) mass is 291 g/mol. The van der Waals surface area contributed by atoms with Crippen molar-refractivity contribution in [2.45, 2.75) is 38.3 Å². The normalized spacial score (nSPS) is 22.8. The molecule has 1 heterocycles. The Hall–Kier alpha value is -2.09. The Kier molecular flexibility index (Phi) is 3.25. The Labute approximate surface area is 131 Å². The van der Waals surface area contributed by atoms with Crippen LogP contribution in [-0.4, -0.2) is 10.8 Å². The van der Waals surface area contributed by atoms with Gasteiger partial charge in [-0.25, -0.2) is 0 Å². The number of benzene rings is 2. The van der Waals surface area contributed by atoms with Gasteiger partial charge in [0.2, 0.25) is 5.91 Å². The Morgan fingerprint density at radius 3 is 2.14 bits per heavy atom. The Bertz CT molecular complexity index is 659. The topological polar surface area (TPSA) is 20.3 Å². The van der Waals surface area contributed by atoms with Crippen LogP contribution in [0.3, 0.4) is 0 Å². The van der Waals surface area contributed by atoms with Gasteiger partial charge in [0.15, 0.2) is 0 Å². The second kappa shape index (κ2) is 5.28. The highest BCUT2D eigenvalue weighted by Crippen LogP contribution is 2.59. The van der Waals surface area contributed by atoms with E-state index in [1.165, 1.54) is 24.0 Å². The van der Waals surface area contributed by atoms with Crippen LogP contribution in [0.4, 0.5) is 0 Å². The van der Waals surface area contributed by atoms with E-state index in [1.807, 2.05) is 24.3 Å². The van der Waals surface area contributed by atoms with E-state index in [9.17, 15) is 4.79 Å². The van der Waals surface area contributed by atoms with Crippen LogP contribution in [0.1, 0.15) is 42.9 Å². The molecule has 1 saturated carbocycles. The molecule has 2 heteroatoms. The molecule has 1 spiro atoms. The first kappa shape index (κ1) is 13.6. The maximum absolute atomic E-state index is 12.9. The van der Waals surface area contributed by atoms with Gasteiger partial charge >= 0.3 is 0 Å². The van der Waals surface area contributed by atoms with E-state index in [2.05, 4.69) is 41.3 Å². The van der Waals surface area contributed by atoms with Crippen molar-refractivity contribution in [1.82, 2.24) is 4.90 Å². The highest BCUT2D eigenvalue weighted by Gasteiger charge is 2.61. The van der Waals surface area contributed by atoms with Gasteiger partial charge in [0.05, 0.1) is 11.5 Å². The smallest absolute Gasteiger partial charge is 0.232 e. The molecule has 2 nitrogen and oxygen atoms in total. The van der Waals surface area contributed by atoms with Crippen LogP contribution in [0.5, 0.6) is 0 Å². The summed E-state index contributed by atoms with van der Waals surface area (Å²) < 4.78 is 0. The summed E-state index contributed by atoms with van der Waals surface area (Å²) in [6, 6.07) is 21.1. The Balaban J connectivity index is 1.67. The zero-order valence-corrected chi connectivity index (χ0v) is 12.7. The molecular formula is C20H21NO. The zero-order chi connectivity index (χ0) is 15.0. The van der Waals surface area contributed by atoms with Gasteiger partial charge < -0.3 is 4.90 Å². The molecule has 1 aliphatic carbocycles. The summed E-state index contributed by atoms with van der Waals surface area (Å²) in [5.41, 5.74) is 2.39. The quantitative estimate of drug-likeness (QED) is 0.771. The minimum Gasteiger partial charge on any atom is -0.330 e. The van der Waals surface area contributed by atoms with Crippen LogP contribution in [0.25, 0.3) is 0 Å². The summed E-state index contributed by atoms with van der Waals surface area (Å²) in [7, 11) is 0. The van der Waals surface area contributed by atoms with Crippen LogP contribution in [-0.2, 0) is 11.3 Å². The third-order valence-electron chi connectivity index (χ3n) is 5.33. The molecule has 0 N–H and O–H groups in total. The molecule has 1 atom stereocenters. The molecule has 1 unspecified atom stereocenters. The Morgan fingerprint density at radius 1 is 0.909 bits per heavy atom. The number of nitrogens with zero attached hydrogens (tertiary/aromatic N) is 1. The molecule has 0 radical (unpaired) electrons. The fourth-order valence-corrected chi connectivity index (χ4v) is 4.32. The Morgan fingerprint density at radius 2 is 1.50 bits per heavy atom. The lowest BCUT2D eigenvalue weighted by molar-refractivity contribution is -0.174. The molecule has 1 saturated heterocycles. The molecule has 112 valence electrons. The maximum Gasteiger partial charge on any atom is 0.232 e. The second-order valence-electron chi connectivity index (χ2n) is 6.60. The number of β-lactam (4-membered cyclic amide) rings is 1. The fourth-order valence-electron chi connectivity index (χ4n) is 4.32. The first-order valence-electron chi connectivity index (χ1n) is 8.21. The summed E-state index contributed by atoms with van der Waals surface area (Å²) in [6.45, 7) is 0.723. The molecule has 2 aromatic carbocycles. The SMILES string of the molecule is O=C1N(Cc2ccccc2)C(c2ccccc2)C12CCCC2. The highest BCUT2D eigenvalue weighted by molar-refractivity contribution is 5.91. The lowest BCUT2D eigenvalue weighted by Gasteiger charge is -2.55. The minimum absolute atomic E-state index is 0.115. The molecule has 22 heavy (non-hydrogen) atoms. The number of hydrogen-bond donors (Lipinski definition) is 0. The molecular weight excluding hydrogens is 270 g/mol.